The average molecular weight is 468 g/mol. The Hall–Kier alpha value is -3.22. The highest BCUT2D eigenvalue weighted by Crippen LogP contribution is 2.42. The second-order valence-electron chi connectivity index (χ2n) is 7.76. The number of aromatic nitrogens is 2. The molecule has 0 unspecified atom stereocenters. The van der Waals surface area contributed by atoms with Crippen molar-refractivity contribution in [2.24, 2.45) is 5.73 Å². The van der Waals surface area contributed by atoms with Crippen molar-refractivity contribution in [3.63, 3.8) is 0 Å². The summed E-state index contributed by atoms with van der Waals surface area (Å²) in [5.41, 5.74) is 7.14. The Kier molecular flexibility index (Phi) is 6.49. The number of anilines is 1. The third-order valence-corrected chi connectivity index (χ3v) is 6.59. The Morgan fingerprint density at radius 3 is 2.64 bits per heavy atom. The molecule has 1 aromatic heterocycles. The van der Waals surface area contributed by atoms with Gasteiger partial charge in [0, 0.05) is 30.2 Å². The van der Waals surface area contributed by atoms with E-state index in [0.717, 1.165) is 43.3 Å². The van der Waals surface area contributed by atoms with Crippen LogP contribution in [0, 0.1) is 17.1 Å². The number of nitrogens with two attached hydrogens (primary N) is 1. The average Bonchev–Trinajstić information content (AvgIpc) is 3.50. The predicted molar refractivity (Wildman–Crippen MR) is 127 cm³/mol. The summed E-state index contributed by atoms with van der Waals surface area (Å²) < 4.78 is 36.3. The number of nitriles is 1. The lowest BCUT2D eigenvalue weighted by Gasteiger charge is -2.18. The van der Waals surface area contributed by atoms with Gasteiger partial charge in [0.15, 0.2) is 5.82 Å². The Bertz CT molecular complexity index is 1270. The van der Waals surface area contributed by atoms with E-state index in [4.69, 9.17) is 10.5 Å². The first-order valence-corrected chi connectivity index (χ1v) is 11.3. The number of hydrogen-bond acceptors (Lipinski definition) is 7. The van der Waals surface area contributed by atoms with E-state index in [2.05, 4.69) is 23.1 Å². The van der Waals surface area contributed by atoms with Crippen LogP contribution in [-0.4, -0.2) is 23.1 Å². The van der Waals surface area contributed by atoms with Crippen LogP contribution in [0.25, 0.3) is 16.5 Å². The van der Waals surface area contributed by atoms with Crippen molar-refractivity contribution in [1.82, 2.24) is 9.97 Å². The molecule has 2 aliphatic heterocycles. The third-order valence-electron chi connectivity index (χ3n) is 5.72. The van der Waals surface area contributed by atoms with Crippen molar-refractivity contribution in [3.8, 4) is 6.07 Å². The van der Waals surface area contributed by atoms with Gasteiger partial charge in [-0.25, -0.2) is 18.7 Å². The van der Waals surface area contributed by atoms with Crippen molar-refractivity contribution in [2.75, 3.05) is 18.0 Å². The fourth-order valence-electron chi connectivity index (χ4n) is 4.15. The number of hydrogen-bond donors (Lipinski definition) is 1. The van der Waals surface area contributed by atoms with Gasteiger partial charge >= 0.3 is 0 Å². The summed E-state index contributed by atoms with van der Waals surface area (Å²) in [4.78, 5) is 10.9. The molecule has 0 radical (unpaired) electrons. The van der Waals surface area contributed by atoms with Crippen LogP contribution in [0.4, 0.5) is 14.7 Å². The highest BCUT2D eigenvalue weighted by Gasteiger charge is 2.29. The molecule has 2 aliphatic rings. The molecule has 0 atom stereocenters. The fourth-order valence-corrected chi connectivity index (χ4v) is 4.90. The minimum absolute atomic E-state index is 0.0423. The monoisotopic (exact) mass is 467 g/mol. The van der Waals surface area contributed by atoms with Gasteiger partial charge in [0.25, 0.3) is 0 Å². The summed E-state index contributed by atoms with van der Waals surface area (Å²) in [6, 6.07) is 1.98. The van der Waals surface area contributed by atoms with E-state index in [1.165, 1.54) is 13.0 Å². The van der Waals surface area contributed by atoms with Crippen molar-refractivity contribution in [1.29, 1.82) is 5.26 Å². The highest BCUT2D eigenvalue weighted by atomic mass is 32.2. The van der Waals surface area contributed by atoms with E-state index >= 15 is 4.39 Å². The van der Waals surface area contributed by atoms with E-state index in [-0.39, 0.29) is 45.4 Å². The molecular formula is C24H23F2N5OS. The van der Waals surface area contributed by atoms with Gasteiger partial charge in [-0.2, -0.15) is 5.26 Å². The van der Waals surface area contributed by atoms with Crippen LogP contribution in [0.2, 0.25) is 0 Å². The molecule has 4 rings (SSSR count). The second kappa shape index (κ2) is 9.33. The maximum Gasteiger partial charge on any atom is 0.225 e. The first-order chi connectivity index (χ1) is 15.9. The van der Waals surface area contributed by atoms with Crippen LogP contribution in [0.3, 0.4) is 0 Å². The maximum atomic E-state index is 16.0. The minimum Gasteiger partial charge on any atom is -0.394 e. The number of fused-ring (bicyclic) bond motifs is 3. The second-order valence-corrected chi connectivity index (χ2v) is 8.90. The quantitative estimate of drug-likeness (QED) is 0.460. The smallest absolute Gasteiger partial charge is 0.225 e. The SMILES string of the molecule is C=C(N)SC(=C(\C#N)C(=C)c1c2c(c3cnc(N4CCCC4)nc3c1F)COC2)/C(F)=C\C. The molecule has 0 amide bonds. The zero-order chi connectivity index (χ0) is 23.7. The number of halogens is 2. The van der Waals surface area contributed by atoms with E-state index in [0.29, 0.717) is 16.9 Å². The number of nitrogens with zero attached hydrogens (tertiary/aromatic N) is 4. The van der Waals surface area contributed by atoms with E-state index in [1.807, 2.05) is 11.0 Å². The molecule has 9 heteroatoms. The molecule has 3 heterocycles. The Morgan fingerprint density at radius 1 is 1.30 bits per heavy atom. The summed E-state index contributed by atoms with van der Waals surface area (Å²) in [6.07, 6.45) is 4.89. The lowest BCUT2D eigenvalue weighted by atomic mass is 9.90. The maximum absolute atomic E-state index is 16.0. The Morgan fingerprint density at radius 2 is 2.00 bits per heavy atom. The van der Waals surface area contributed by atoms with Gasteiger partial charge in [0.2, 0.25) is 5.95 Å². The summed E-state index contributed by atoms with van der Waals surface area (Å²) >= 11 is 0.800. The van der Waals surface area contributed by atoms with Gasteiger partial charge in [-0.1, -0.05) is 31.0 Å². The molecule has 170 valence electrons. The lowest BCUT2D eigenvalue weighted by Crippen LogP contribution is -2.20. The van der Waals surface area contributed by atoms with Gasteiger partial charge in [-0.3, -0.25) is 0 Å². The van der Waals surface area contributed by atoms with Gasteiger partial charge in [0.1, 0.15) is 17.4 Å². The summed E-state index contributed by atoms with van der Waals surface area (Å²) in [5, 5.41) is 10.6. The number of rotatable bonds is 6. The van der Waals surface area contributed by atoms with Gasteiger partial charge in [0.05, 0.1) is 28.7 Å². The number of thioether (sulfide) groups is 1. The predicted octanol–water partition coefficient (Wildman–Crippen LogP) is 5.23. The Labute approximate surface area is 195 Å². The molecule has 0 spiro atoms. The van der Waals surface area contributed by atoms with Gasteiger partial charge < -0.3 is 15.4 Å². The number of benzene rings is 1. The molecule has 1 aromatic carbocycles. The first-order valence-electron chi connectivity index (χ1n) is 10.5. The van der Waals surface area contributed by atoms with E-state index in [9.17, 15) is 9.65 Å². The first kappa shape index (κ1) is 23.0. The largest absolute Gasteiger partial charge is 0.394 e. The van der Waals surface area contributed by atoms with Gasteiger partial charge in [-0.15, -0.1) is 0 Å². The van der Waals surface area contributed by atoms with E-state index < -0.39 is 11.6 Å². The van der Waals surface area contributed by atoms with Crippen LogP contribution >= 0.6 is 11.8 Å². The van der Waals surface area contributed by atoms with Crippen LogP contribution in [0.5, 0.6) is 0 Å². The van der Waals surface area contributed by atoms with Crippen molar-refractivity contribution in [3.05, 3.63) is 69.3 Å². The zero-order valence-corrected chi connectivity index (χ0v) is 19.1. The molecule has 2 aromatic rings. The highest BCUT2D eigenvalue weighted by molar-refractivity contribution is 8.06. The lowest BCUT2D eigenvalue weighted by molar-refractivity contribution is 0.134. The van der Waals surface area contributed by atoms with Crippen LogP contribution in [0.15, 0.2) is 46.8 Å². The normalized spacial score (nSPS) is 16.5. The van der Waals surface area contributed by atoms with Crippen molar-refractivity contribution in [2.45, 2.75) is 33.0 Å². The molecule has 0 saturated carbocycles. The number of allylic oxidation sites excluding steroid dienone is 4. The molecule has 0 bridgehead atoms. The molecule has 1 saturated heterocycles. The van der Waals surface area contributed by atoms with Crippen LogP contribution < -0.4 is 10.6 Å². The number of ether oxygens (including phenoxy) is 1. The van der Waals surface area contributed by atoms with Gasteiger partial charge in [-0.05, 0) is 36.5 Å². The summed E-state index contributed by atoms with van der Waals surface area (Å²) in [5.74, 6) is -0.843. The molecule has 6 nitrogen and oxygen atoms in total. The molecule has 1 fully saturated rings. The standard InChI is InChI=1S/C24H23F2N5OS/c1-4-19(25)23(33-14(3)28)15(9-27)13(2)20-18-12-32-11-17(18)16-10-29-24(30-22(16)21(20)26)31-7-5-6-8-31/h4,10H,2-3,5-8,11-12,28H2,1H3/b19-4+,23-15+. The Balaban J connectivity index is 1.95. The molecular weight excluding hydrogens is 444 g/mol. The van der Waals surface area contributed by atoms with E-state index in [1.54, 1.807) is 6.20 Å². The summed E-state index contributed by atoms with van der Waals surface area (Å²) in [6.45, 7) is 11.1. The fraction of sp³-hybridized carbons (Fsp3) is 0.292. The topological polar surface area (TPSA) is 88.1 Å². The molecule has 2 N–H and O–H groups in total. The van der Waals surface area contributed by atoms with Crippen LogP contribution in [-0.2, 0) is 18.0 Å². The van der Waals surface area contributed by atoms with Crippen molar-refractivity contribution < 1.29 is 13.5 Å². The third kappa shape index (κ3) is 4.12. The zero-order valence-electron chi connectivity index (χ0n) is 18.3. The molecule has 0 aliphatic carbocycles. The minimum atomic E-state index is -0.669. The molecule has 33 heavy (non-hydrogen) atoms. The van der Waals surface area contributed by atoms with Crippen molar-refractivity contribution >= 4 is 34.2 Å². The van der Waals surface area contributed by atoms with Crippen LogP contribution in [0.1, 0.15) is 36.5 Å². The summed E-state index contributed by atoms with van der Waals surface area (Å²) in [7, 11) is 0.